The molecule has 0 spiro atoms. The predicted octanol–water partition coefficient (Wildman–Crippen LogP) is -1.16. The van der Waals surface area contributed by atoms with Crippen molar-refractivity contribution >= 4 is 53.4 Å². The van der Waals surface area contributed by atoms with Crippen LogP contribution < -0.4 is 43.4 Å². The molecular weight excluding hydrogens is 849 g/mol. The van der Waals surface area contributed by atoms with E-state index in [9.17, 15) is 63.6 Å². The average Bonchev–Trinajstić information content (AvgIpc) is 3.26. The van der Waals surface area contributed by atoms with Crippen molar-refractivity contribution in [2.24, 2.45) is 11.5 Å². The number of hydrogen-bond acceptors (Lipinski definition) is 12. The predicted molar refractivity (Wildman–Crippen MR) is 232 cm³/mol. The van der Waals surface area contributed by atoms with Gasteiger partial charge in [-0.1, -0.05) is 72.8 Å². The Labute approximate surface area is 374 Å². The van der Waals surface area contributed by atoms with Gasteiger partial charge in [-0.05, 0) is 68.0 Å². The second kappa shape index (κ2) is 26.3. The maximum Gasteiger partial charge on any atom is 0.326 e. The number of unbranched alkanes of at least 4 members (excludes halogenated alkanes) is 1. The fourth-order valence-electron chi connectivity index (χ4n) is 6.39. The number of nitrogens with one attached hydrogen (secondary N) is 6. The summed E-state index contributed by atoms with van der Waals surface area (Å²) in [4.78, 5) is 117. The van der Waals surface area contributed by atoms with Gasteiger partial charge in [-0.15, -0.1) is 0 Å². The van der Waals surface area contributed by atoms with Crippen molar-refractivity contribution in [3.05, 3.63) is 102 Å². The van der Waals surface area contributed by atoms with Crippen LogP contribution in [-0.2, 0) is 62.4 Å². The third kappa shape index (κ3) is 18.5. The van der Waals surface area contributed by atoms with E-state index in [1.165, 1.54) is 19.1 Å². The molecule has 65 heavy (non-hydrogen) atoms. The van der Waals surface area contributed by atoms with Gasteiger partial charge in [-0.25, -0.2) is 4.79 Å². The molecule has 7 atom stereocenters. The van der Waals surface area contributed by atoms with E-state index in [2.05, 4.69) is 31.9 Å². The van der Waals surface area contributed by atoms with Gasteiger partial charge < -0.3 is 63.8 Å². The van der Waals surface area contributed by atoms with Crippen LogP contribution in [0.4, 0.5) is 0 Å². The van der Waals surface area contributed by atoms with Gasteiger partial charge in [-0.3, -0.25) is 38.4 Å². The number of nitrogens with two attached hydrogens (primary N) is 2. The minimum Gasteiger partial charge on any atom is -0.508 e. The number of carboxylic acid groups (broad SMARTS) is 3. The Hall–Kier alpha value is -7.39. The number of carboxylic acids is 3. The summed E-state index contributed by atoms with van der Waals surface area (Å²) in [5, 5.41) is 52.7. The van der Waals surface area contributed by atoms with Crippen LogP contribution in [0.5, 0.6) is 5.75 Å². The highest BCUT2D eigenvalue weighted by Gasteiger charge is 2.34. The van der Waals surface area contributed by atoms with Crippen LogP contribution in [0.15, 0.2) is 84.9 Å². The summed E-state index contributed by atoms with van der Waals surface area (Å²) in [7, 11) is 0. The first-order chi connectivity index (χ1) is 30.9. The molecule has 350 valence electrons. The van der Waals surface area contributed by atoms with Crippen molar-refractivity contribution < 1.29 is 63.6 Å². The molecule has 3 aromatic carbocycles. The molecule has 0 aliphatic heterocycles. The van der Waals surface area contributed by atoms with E-state index < -0.39 is 108 Å². The summed E-state index contributed by atoms with van der Waals surface area (Å²) in [6, 6.07) is 12.4. The van der Waals surface area contributed by atoms with Gasteiger partial charge >= 0.3 is 17.9 Å². The average molecular weight is 905 g/mol. The van der Waals surface area contributed by atoms with Crippen LogP contribution >= 0.6 is 0 Å². The fourth-order valence-corrected chi connectivity index (χ4v) is 6.39. The first kappa shape index (κ1) is 52.0. The number of benzene rings is 3. The Morgan fingerprint density at radius 3 is 1.40 bits per heavy atom. The lowest BCUT2D eigenvalue weighted by atomic mass is 10.0. The number of carbonyl (C=O) groups is 9. The van der Waals surface area contributed by atoms with Crippen molar-refractivity contribution in [3.8, 4) is 5.75 Å². The Balaban J connectivity index is 1.75. The van der Waals surface area contributed by atoms with Crippen molar-refractivity contribution in [1.29, 1.82) is 0 Å². The van der Waals surface area contributed by atoms with Crippen molar-refractivity contribution in [3.63, 3.8) is 0 Å². The number of rotatable bonds is 27. The first-order valence-corrected chi connectivity index (χ1v) is 20.7. The SMILES string of the molecule is C[C@H](NC(=O)[C@H](Cc1ccccc1)NC(=O)[C@@H](N)Cc1ccc(O)cc1)C(=O)N[C@@H](CC(=O)O)C(=O)N[C@@H](CC(=O)O)C(=O)N[C@@H](CCCCN)C(=O)N[C@@H](Cc1ccccc1)C(=O)O. The Morgan fingerprint density at radius 2 is 0.908 bits per heavy atom. The summed E-state index contributed by atoms with van der Waals surface area (Å²) >= 11 is 0. The molecule has 0 aliphatic rings. The second-order valence-electron chi connectivity index (χ2n) is 15.2. The normalized spacial score (nSPS) is 14.1. The van der Waals surface area contributed by atoms with Crippen molar-refractivity contribution in [2.75, 3.05) is 6.54 Å². The highest BCUT2D eigenvalue weighted by atomic mass is 16.4. The Morgan fingerprint density at radius 1 is 0.492 bits per heavy atom. The van der Waals surface area contributed by atoms with Crippen molar-refractivity contribution in [1.82, 2.24) is 31.9 Å². The molecule has 0 aliphatic carbocycles. The standard InChI is InChI=1S/C44H56N8O13/c1-25(47-41(61)32(21-26-10-4-2-5-11-26)50-39(59)30(46)20-28-15-17-29(53)18-16-28)38(58)49-33(23-36(54)55)43(63)51-34(24-37(56)57)42(62)48-31(14-8-9-19-45)40(60)52-35(44(64)65)22-27-12-6-3-7-13-27/h2-7,10-13,15-18,25,30-35,53H,8-9,14,19-24,45-46H2,1H3,(H,47,61)(H,48,62)(H,49,58)(H,50,59)(H,51,63)(H,52,60)(H,54,55)(H,56,57)(H,64,65)/t25-,30-,31-,32-,33-,34-,35-/m0/s1. The molecule has 21 heteroatoms. The van der Waals surface area contributed by atoms with E-state index in [0.717, 1.165) is 0 Å². The Kier molecular flexibility index (Phi) is 21.0. The zero-order valence-corrected chi connectivity index (χ0v) is 35.6. The number of amides is 6. The van der Waals surface area contributed by atoms with E-state index in [1.807, 2.05) is 0 Å². The lowest BCUT2D eigenvalue weighted by molar-refractivity contribution is -0.144. The van der Waals surface area contributed by atoms with Crippen LogP contribution in [0.25, 0.3) is 0 Å². The van der Waals surface area contributed by atoms with Crippen LogP contribution in [0.2, 0.25) is 0 Å². The monoisotopic (exact) mass is 904 g/mol. The van der Waals surface area contributed by atoms with Gasteiger partial charge in [0.1, 0.15) is 42.0 Å². The van der Waals surface area contributed by atoms with Gasteiger partial charge in [0.25, 0.3) is 0 Å². The summed E-state index contributed by atoms with van der Waals surface area (Å²) in [5.41, 5.74) is 13.6. The van der Waals surface area contributed by atoms with Crippen LogP contribution in [0, 0.1) is 0 Å². The maximum absolute atomic E-state index is 13.6. The topological polar surface area (TPSA) is 359 Å². The molecule has 0 radical (unpaired) electrons. The molecule has 21 nitrogen and oxygen atoms in total. The molecule has 0 saturated carbocycles. The quantitative estimate of drug-likeness (QED) is 0.0402. The molecule has 6 amide bonds. The zero-order valence-electron chi connectivity index (χ0n) is 35.6. The van der Waals surface area contributed by atoms with E-state index in [1.54, 1.807) is 72.8 Å². The molecule has 3 aromatic rings. The third-order valence-electron chi connectivity index (χ3n) is 9.90. The van der Waals surface area contributed by atoms with Crippen LogP contribution in [0.1, 0.15) is 55.7 Å². The van der Waals surface area contributed by atoms with Gasteiger partial charge in [0, 0.05) is 12.8 Å². The first-order valence-electron chi connectivity index (χ1n) is 20.7. The minimum atomic E-state index is -1.93. The van der Waals surface area contributed by atoms with Gasteiger partial charge in [0.05, 0.1) is 18.9 Å². The van der Waals surface area contributed by atoms with Gasteiger partial charge in [-0.2, -0.15) is 0 Å². The van der Waals surface area contributed by atoms with E-state index in [-0.39, 0.29) is 44.4 Å². The molecular formula is C44H56N8O13. The lowest BCUT2D eigenvalue weighted by Gasteiger charge is -2.26. The maximum atomic E-state index is 13.6. The number of phenolic OH excluding ortho intramolecular Hbond substituents is 1. The van der Waals surface area contributed by atoms with Crippen LogP contribution in [-0.4, -0.2) is 123 Å². The van der Waals surface area contributed by atoms with Gasteiger partial charge in [0.15, 0.2) is 0 Å². The summed E-state index contributed by atoms with van der Waals surface area (Å²) in [6.07, 6.45) is -1.61. The zero-order chi connectivity index (χ0) is 48.1. The molecule has 0 unspecified atom stereocenters. The summed E-state index contributed by atoms with van der Waals surface area (Å²) in [6.45, 7) is 1.43. The smallest absolute Gasteiger partial charge is 0.326 e. The summed E-state index contributed by atoms with van der Waals surface area (Å²) in [5.74, 6) is -10.6. The second-order valence-corrected chi connectivity index (χ2v) is 15.2. The molecule has 0 aromatic heterocycles. The summed E-state index contributed by atoms with van der Waals surface area (Å²) < 4.78 is 0. The molecule has 0 bridgehead atoms. The third-order valence-corrected chi connectivity index (χ3v) is 9.90. The van der Waals surface area contributed by atoms with E-state index in [0.29, 0.717) is 23.1 Å². The molecule has 0 fully saturated rings. The molecule has 0 saturated heterocycles. The molecule has 14 N–H and O–H groups in total. The minimum absolute atomic E-state index is 0.0143. The van der Waals surface area contributed by atoms with E-state index >= 15 is 0 Å². The largest absolute Gasteiger partial charge is 0.508 e. The van der Waals surface area contributed by atoms with Gasteiger partial charge in [0.2, 0.25) is 35.4 Å². The number of phenols is 1. The fraction of sp³-hybridized carbons (Fsp3) is 0.386. The highest BCUT2D eigenvalue weighted by Crippen LogP contribution is 2.12. The molecule has 3 rings (SSSR count). The van der Waals surface area contributed by atoms with Crippen LogP contribution in [0.3, 0.4) is 0 Å². The number of aromatic hydroxyl groups is 1. The number of carbonyl (C=O) groups excluding carboxylic acids is 6. The van der Waals surface area contributed by atoms with Crippen molar-refractivity contribution in [2.45, 2.75) is 101 Å². The highest BCUT2D eigenvalue weighted by molar-refractivity contribution is 5.98. The molecule has 0 heterocycles. The Bertz CT molecular complexity index is 2110. The lowest BCUT2D eigenvalue weighted by Crippen LogP contribution is -2.60. The number of hydrogen-bond donors (Lipinski definition) is 12. The van der Waals surface area contributed by atoms with E-state index in [4.69, 9.17) is 11.5 Å². The number of aliphatic carboxylic acids is 3.